The van der Waals surface area contributed by atoms with Crippen LogP contribution in [0.5, 0.6) is 0 Å². The maximum absolute atomic E-state index is 13.4. The molecule has 0 unspecified atom stereocenters. The van der Waals surface area contributed by atoms with Gasteiger partial charge in [-0.2, -0.15) is 9.36 Å². The van der Waals surface area contributed by atoms with E-state index in [1.165, 1.54) is 36.5 Å². The number of carboxylic acids is 2. The number of carbonyl (C=O) groups excluding carboxylic acids is 2. The van der Waals surface area contributed by atoms with Crippen molar-refractivity contribution >= 4 is 80.8 Å². The predicted molar refractivity (Wildman–Crippen MR) is 180 cm³/mol. The molecule has 0 radical (unpaired) electrons. The molecule has 2 aliphatic heterocycles. The minimum Gasteiger partial charge on any atom is -0.478 e. The number of oxime groups is 1. The Morgan fingerprint density at radius 3 is 2.50 bits per heavy atom. The summed E-state index contributed by atoms with van der Waals surface area (Å²) in [4.78, 5) is 85.1. The molecule has 1 fully saturated rings. The van der Waals surface area contributed by atoms with Crippen LogP contribution in [0.4, 0.5) is 28.0 Å². The predicted octanol–water partition coefficient (Wildman–Crippen LogP) is -2.55. The van der Waals surface area contributed by atoms with Gasteiger partial charge in [-0.15, -0.1) is 21.1 Å². The molecule has 0 saturated carbocycles. The van der Waals surface area contributed by atoms with Crippen molar-refractivity contribution in [2.24, 2.45) is 17.9 Å². The molecule has 0 bridgehead atoms. The van der Waals surface area contributed by atoms with Gasteiger partial charge in [-0.3, -0.25) is 24.1 Å². The smallest absolute Gasteiger partial charge is 0.352 e. The lowest BCUT2D eigenvalue weighted by Crippen LogP contribution is -2.71. The molecule has 5 rings (SSSR count). The van der Waals surface area contributed by atoms with Gasteiger partial charge in [-0.1, -0.05) is 5.16 Å². The molecule has 2 atom stereocenters. The number of aromatic nitrogens is 4. The van der Waals surface area contributed by atoms with Crippen molar-refractivity contribution in [3.8, 4) is 0 Å². The number of nitrogens with one attached hydrogen (secondary N) is 3. The van der Waals surface area contributed by atoms with Gasteiger partial charge in [-0.05, 0) is 26.8 Å². The molecule has 2 aliphatic rings. The number of hydrogen-bond donors (Lipinski definition) is 8. The second kappa shape index (κ2) is 13.8. The van der Waals surface area contributed by atoms with Gasteiger partial charge in [-0.25, -0.2) is 9.59 Å². The fourth-order valence-corrected chi connectivity index (χ4v) is 6.69. The molecule has 2 amide bonds. The lowest BCUT2D eigenvalue weighted by Gasteiger charge is -2.49. The molecule has 2 aromatic heterocycles. The standard InChI is InChI=1S/C27H32N12O9S2/c1-27(2,25(46)47)48-35-14(20-34-26(30)50-36-20)21(42)33-15-22(43)39-16(24(44)45)10(9-49-23(15)39)7-38-8-11(19(29)37(38)3)32-13-12(17(40)18(13)41)31-6-4-5-28/h8,15,23,29H,4-7,9,28H2,1-3H3,(H7,30,31,32,33,34,35,36,40,41,42,44,45,46,47)/p+1/t15-,23-/m1/s1. The maximum atomic E-state index is 13.4. The molecule has 50 heavy (non-hydrogen) atoms. The highest BCUT2D eigenvalue weighted by Crippen LogP contribution is 2.40. The Bertz CT molecular complexity index is 2030. The number of carboxylic acid groups (broad SMARTS) is 2. The molecule has 4 heterocycles. The molecule has 266 valence electrons. The Morgan fingerprint density at radius 1 is 1.18 bits per heavy atom. The number of nitrogens with two attached hydrogens (primary N) is 3. The van der Waals surface area contributed by atoms with Crippen molar-refractivity contribution in [1.29, 1.82) is 0 Å². The van der Waals surface area contributed by atoms with Crippen LogP contribution >= 0.6 is 23.3 Å². The fraction of sp³-hybridized carbons (Fsp3) is 0.407. The number of amides is 2. The van der Waals surface area contributed by atoms with Crippen LogP contribution in [0.3, 0.4) is 0 Å². The molecular weight excluding hydrogens is 701 g/mol. The number of aliphatic carboxylic acids is 2. The first kappa shape index (κ1) is 35.7. The van der Waals surface area contributed by atoms with E-state index in [0.29, 0.717) is 25.1 Å². The Kier molecular flexibility index (Phi) is 9.83. The Hall–Kier alpha value is -5.55. The second-order valence-corrected chi connectivity index (χ2v) is 13.5. The summed E-state index contributed by atoms with van der Waals surface area (Å²) in [5.41, 5.74) is 14.1. The van der Waals surface area contributed by atoms with Gasteiger partial charge in [0.2, 0.25) is 23.3 Å². The van der Waals surface area contributed by atoms with Crippen LogP contribution in [0.15, 0.2) is 32.2 Å². The number of hydrogen-bond acceptors (Lipinski definition) is 17. The van der Waals surface area contributed by atoms with Gasteiger partial charge in [0.25, 0.3) is 22.7 Å². The summed E-state index contributed by atoms with van der Waals surface area (Å²) < 4.78 is 7.00. The zero-order chi connectivity index (χ0) is 36.7. The number of nitrogens with zero attached hydrogens (tertiary/aromatic N) is 6. The highest BCUT2D eigenvalue weighted by molar-refractivity contribution is 8.00. The van der Waals surface area contributed by atoms with Gasteiger partial charge in [0.05, 0.1) is 7.05 Å². The Morgan fingerprint density at radius 2 is 1.88 bits per heavy atom. The number of thioether (sulfide) groups is 1. The second-order valence-electron chi connectivity index (χ2n) is 11.6. The van der Waals surface area contributed by atoms with E-state index >= 15 is 0 Å². The Labute approximate surface area is 290 Å². The summed E-state index contributed by atoms with van der Waals surface area (Å²) in [6, 6.07) is -1.19. The highest BCUT2D eigenvalue weighted by atomic mass is 32.2. The molecule has 0 spiro atoms. The van der Waals surface area contributed by atoms with Crippen LogP contribution in [0.25, 0.3) is 0 Å². The largest absolute Gasteiger partial charge is 0.478 e. The first-order valence-corrected chi connectivity index (χ1v) is 16.6. The molecule has 1 saturated heterocycles. The summed E-state index contributed by atoms with van der Waals surface area (Å²) >= 11 is 1.94. The molecule has 23 heteroatoms. The summed E-state index contributed by atoms with van der Waals surface area (Å²) in [5, 5.41) is 30.6. The zero-order valence-electron chi connectivity index (χ0n) is 26.8. The third kappa shape index (κ3) is 6.56. The Balaban J connectivity index is 1.34. The lowest BCUT2D eigenvalue weighted by molar-refractivity contribution is -0.765. The zero-order valence-corrected chi connectivity index (χ0v) is 28.4. The number of nitrogen functional groups attached to an aromatic ring is 2. The molecule has 11 N–H and O–H groups in total. The normalized spacial score (nSPS) is 17.7. The topological polar surface area (TPSA) is 316 Å². The summed E-state index contributed by atoms with van der Waals surface area (Å²) in [5.74, 6) is -4.41. The van der Waals surface area contributed by atoms with E-state index in [2.05, 4.69) is 30.5 Å². The van der Waals surface area contributed by atoms with Gasteiger partial charge >= 0.3 is 11.9 Å². The van der Waals surface area contributed by atoms with Crippen LogP contribution in [0, 0.1) is 0 Å². The van der Waals surface area contributed by atoms with Crippen molar-refractivity contribution in [2.45, 2.75) is 43.8 Å². The fourth-order valence-electron chi connectivity index (χ4n) is 4.92. The molecule has 21 nitrogen and oxygen atoms in total. The van der Waals surface area contributed by atoms with Crippen molar-refractivity contribution in [3.05, 3.63) is 43.7 Å². The summed E-state index contributed by atoms with van der Waals surface area (Å²) in [7, 11) is 1.61. The van der Waals surface area contributed by atoms with E-state index in [0.717, 1.165) is 16.4 Å². The summed E-state index contributed by atoms with van der Waals surface area (Å²) in [6.07, 6.45) is 2.11. The van der Waals surface area contributed by atoms with Crippen LogP contribution in [-0.4, -0.2) is 94.5 Å². The highest BCUT2D eigenvalue weighted by Gasteiger charge is 2.55. The molecule has 3 aromatic rings. The maximum Gasteiger partial charge on any atom is 0.352 e. The van der Waals surface area contributed by atoms with Gasteiger partial charge in [0.15, 0.2) is 23.2 Å². The van der Waals surface area contributed by atoms with Crippen molar-refractivity contribution in [1.82, 2.24) is 24.3 Å². The van der Waals surface area contributed by atoms with Gasteiger partial charge in [0.1, 0.15) is 28.5 Å². The van der Waals surface area contributed by atoms with Gasteiger partial charge < -0.3 is 48.2 Å². The minimum absolute atomic E-state index is 0.0138. The molecule has 0 aliphatic carbocycles. The van der Waals surface area contributed by atoms with E-state index in [4.69, 9.17) is 22.0 Å². The first-order chi connectivity index (χ1) is 23.6. The number of rotatable bonds is 15. The van der Waals surface area contributed by atoms with Crippen molar-refractivity contribution < 1.29 is 38.9 Å². The van der Waals surface area contributed by atoms with Gasteiger partial charge in [0, 0.05) is 29.4 Å². The van der Waals surface area contributed by atoms with Crippen LogP contribution in [0.2, 0.25) is 0 Å². The van der Waals surface area contributed by atoms with E-state index in [-0.39, 0.29) is 51.8 Å². The van der Waals surface area contributed by atoms with Crippen molar-refractivity contribution in [3.63, 3.8) is 0 Å². The SMILES string of the molecule is Cn1c(N)c(Nc2c(NCCCN)c(=O)c2=O)c[n+]1CC1=C(C(=O)O)N2C(=O)[C@@H](NC(=O)/C(=N\OC(C)(C)C(=O)O)c3nsc(N)n3)[C@H]2SC1. The number of β-lactam (4-membered cyclic amide) rings is 1. The van der Waals surface area contributed by atoms with Crippen LogP contribution in [-0.2, 0) is 37.6 Å². The van der Waals surface area contributed by atoms with E-state index in [9.17, 15) is 39.0 Å². The third-order valence-corrected chi connectivity index (χ3v) is 9.66. The lowest BCUT2D eigenvalue weighted by atomic mass is 10.0. The molecular formula is C27H33N12O9S2+. The van der Waals surface area contributed by atoms with E-state index in [1.807, 2.05) is 0 Å². The molecule has 1 aromatic carbocycles. The number of fused-ring (bicyclic) bond motifs is 1. The van der Waals surface area contributed by atoms with Crippen LogP contribution in [0.1, 0.15) is 26.1 Å². The van der Waals surface area contributed by atoms with E-state index < -0.39 is 57.3 Å². The third-order valence-electron chi connectivity index (χ3n) is 7.78. The monoisotopic (exact) mass is 733 g/mol. The van der Waals surface area contributed by atoms with Crippen LogP contribution < -0.4 is 48.7 Å². The number of carbonyl (C=O) groups is 4. The average molecular weight is 734 g/mol. The van der Waals surface area contributed by atoms with E-state index in [1.54, 1.807) is 11.7 Å². The minimum atomic E-state index is -1.83. The van der Waals surface area contributed by atoms with Crippen molar-refractivity contribution in [2.75, 3.05) is 40.9 Å². The quantitative estimate of drug-likeness (QED) is 0.0199. The number of anilines is 5. The summed E-state index contributed by atoms with van der Waals surface area (Å²) in [6.45, 7) is 3.16. The first-order valence-electron chi connectivity index (χ1n) is 14.8. The average Bonchev–Trinajstić information content (AvgIpc) is 3.61.